The molecule has 0 radical (unpaired) electrons. The molecule has 0 aromatic rings. The maximum Gasteiger partial charge on any atom is 0.470 e. The highest BCUT2D eigenvalue weighted by atomic mass is 31.2. The van der Waals surface area contributed by atoms with E-state index >= 15 is 0 Å². The topological polar surface area (TPSA) is 124 Å². The summed E-state index contributed by atoms with van der Waals surface area (Å²) >= 11 is 0. The van der Waals surface area contributed by atoms with Gasteiger partial charge in [0.1, 0.15) is 0 Å². The van der Waals surface area contributed by atoms with E-state index in [9.17, 15) is 9.36 Å². The van der Waals surface area contributed by atoms with Gasteiger partial charge in [0.25, 0.3) is 0 Å². The van der Waals surface area contributed by atoms with Crippen molar-refractivity contribution in [3.05, 3.63) is 0 Å². The average molecular weight is 214 g/mol. The first kappa shape index (κ1) is 12.7. The molecule has 0 aromatic carbocycles. The summed E-state index contributed by atoms with van der Waals surface area (Å²) in [4.78, 5) is 26.8. The number of hydrogen-bond acceptors (Lipinski definition) is 5. The van der Waals surface area contributed by atoms with Gasteiger partial charge in [0, 0.05) is 6.61 Å². The molecule has 8 heteroatoms. The van der Waals surface area contributed by atoms with Gasteiger partial charge in [0.15, 0.2) is 12.4 Å². The van der Waals surface area contributed by atoms with Crippen molar-refractivity contribution in [3.8, 4) is 0 Å². The first-order valence-corrected chi connectivity index (χ1v) is 4.92. The minimum Gasteiger partial charge on any atom is -0.396 e. The van der Waals surface area contributed by atoms with Crippen molar-refractivity contribution in [3.63, 3.8) is 0 Å². The van der Waals surface area contributed by atoms with Crippen LogP contribution < -0.4 is 0 Å². The zero-order chi connectivity index (χ0) is 10.5. The first-order chi connectivity index (χ1) is 5.90. The van der Waals surface area contributed by atoms with Crippen LogP contribution in [0.3, 0.4) is 0 Å². The molecule has 2 atom stereocenters. The standard InChI is InChI=1S/C5H11O7P/c6-2-1-4(8)5(3-7)12-13(9,10)11/h3-6,8H,1-2H2,(H2,9,10,11)/t4-,5+/m1/s1. The fourth-order valence-corrected chi connectivity index (χ4v) is 1.15. The second-order valence-corrected chi connectivity index (χ2v) is 3.47. The van der Waals surface area contributed by atoms with E-state index in [0.29, 0.717) is 0 Å². The molecule has 7 nitrogen and oxygen atoms in total. The molecule has 0 aliphatic carbocycles. The van der Waals surface area contributed by atoms with E-state index in [1.807, 2.05) is 0 Å². The first-order valence-electron chi connectivity index (χ1n) is 3.39. The summed E-state index contributed by atoms with van der Waals surface area (Å²) in [6.07, 6.45) is -3.16. The second kappa shape index (κ2) is 5.43. The van der Waals surface area contributed by atoms with Crippen LogP contribution in [0.25, 0.3) is 0 Å². The zero-order valence-corrected chi connectivity index (χ0v) is 7.50. The number of aliphatic hydroxyl groups is 2. The van der Waals surface area contributed by atoms with Crippen LogP contribution in [-0.2, 0) is 13.9 Å². The summed E-state index contributed by atoms with van der Waals surface area (Å²) in [5.41, 5.74) is 0. The normalized spacial score (nSPS) is 16.6. The predicted molar refractivity (Wildman–Crippen MR) is 40.7 cm³/mol. The molecule has 0 saturated carbocycles. The van der Waals surface area contributed by atoms with E-state index in [4.69, 9.17) is 20.0 Å². The summed E-state index contributed by atoms with van der Waals surface area (Å²) in [6, 6.07) is 0. The summed E-state index contributed by atoms with van der Waals surface area (Å²) < 4.78 is 14.2. The van der Waals surface area contributed by atoms with Gasteiger partial charge in [-0.05, 0) is 6.42 Å². The van der Waals surface area contributed by atoms with Crippen molar-refractivity contribution in [2.45, 2.75) is 18.6 Å². The number of carbonyl (C=O) groups is 1. The summed E-state index contributed by atoms with van der Waals surface area (Å²) in [7, 11) is -4.79. The van der Waals surface area contributed by atoms with E-state index in [-0.39, 0.29) is 12.7 Å². The van der Waals surface area contributed by atoms with Crippen molar-refractivity contribution in [2.24, 2.45) is 0 Å². The maximum absolute atomic E-state index is 10.2. The Balaban J connectivity index is 4.17. The fourth-order valence-electron chi connectivity index (χ4n) is 0.641. The molecule has 0 heterocycles. The molecule has 0 unspecified atom stereocenters. The third-order valence-electron chi connectivity index (χ3n) is 1.20. The van der Waals surface area contributed by atoms with Crippen molar-refractivity contribution in [2.75, 3.05) is 6.61 Å². The Bertz CT molecular complexity index is 199. The molecular formula is C5H11O7P. The molecular weight excluding hydrogens is 203 g/mol. The van der Waals surface area contributed by atoms with Gasteiger partial charge >= 0.3 is 7.82 Å². The minimum absolute atomic E-state index is 0.0689. The average Bonchev–Trinajstić information content (AvgIpc) is 1.99. The van der Waals surface area contributed by atoms with Gasteiger partial charge in [-0.25, -0.2) is 4.57 Å². The number of rotatable bonds is 6. The third kappa shape index (κ3) is 5.87. The molecule has 0 fully saturated rings. The van der Waals surface area contributed by atoms with E-state index in [1.165, 1.54) is 0 Å². The van der Waals surface area contributed by atoms with Crippen LogP contribution in [-0.4, -0.2) is 45.1 Å². The molecule has 4 N–H and O–H groups in total. The Labute approximate surface area is 74.2 Å². The molecule has 0 amide bonds. The molecule has 0 aliphatic heterocycles. The van der Waals surface area contributed by atoms with Crippen molar-refractivity contribution in [1.29, 1.82) is 0 Å². The second-order valence-electron chi connectivity index (χ2n) is 2.28. The number of aliphatic hydroxyl groups excluding tert-OH is 2. The lowest BCUT2D eigenvalue weighted by molar-refractivity contribution is -0.120. The third-order valence-corrected chi connectivity index (χ3v) is 1.72. The van der Waals surface area contributed by atoms with Crippen LogP contribution in [0, 0.1) is 0 Å². The predicted octanol–water partition coefficient (Wildman–Crippen LogP) is -1.59. The van der Waals surface area contributed by atoms with E-state index in [2.05, 4.69) is 4.52 Å². The van der Waals surface area contributed by atoms with Gasteiger partial charge in [0.2, 0.25) is 0 Å². The molecule has 0 bridgehead atoms. The number of carbonyl (C=O) groups excluding carboxylic acids is 1. The monoisotopic (exact) mass is 214 g/mol. The number of hydrogen-bond donors (Lipinski definition) is 4. The quantitative estimate of drug-likeness (QED) is 0.310. The fraction of sp³-hybridized carbons (Fsp3) is 0.800. The lowest BCUT2D eigenvalue weighted by Gasteiger charge is -2.17. The van der Waals surface area contributed by atoms with E-state index in [0.717, 1.165) is 0 Å². The highest BCUT2D eigenvalue weighted by Crippen LogP contribution is 2.37. The van der Waals surface area contributed by atoms with Gasteiger partial charge in [-0.3, -0.25) is 4.52 Å². The van der Waals surface area contributed by atoms with Gasteiger partial charge in [-0.15, -0.1) is 0 Å². The van der Waals surface area contributed by atoms with Crippen LogP contribution in [0.1, 0.15) is 6.42 Å². The van der Waals surface area contributed by atoms with Crippen molar-refractivity contribution < 1.29 is 33.9 Å². The molecule has 13 heavy (non-hydrogen) atoms. The SMILES string of the molecule is O=C[C@H](OP(=O)(O)O)[C@H](O)CCO. The highest BCUT2D eigenvalue weighted by molar-refractivity contribution is 7.46. The lowest BCUT2D eigenvalue weighted by atomic mass is 10.2. The molecule has 0 aromatic heterocycles. The molecule has 78 valence electrons. The smallest absolute Gasteiger partial charge is 0.396 e. The number of aldehydes is 1. The van der Waals surface area contributed by atoms with E-state index < -0.39 is 26.6 Å². The Morgan fingerprint density at radius 3 is 2.31 bits per heavy atom. The van der Waals surface area contributed by atoms with Crippen LogP contribution in [0.15, 0.2) is 0 Å². The molecule has 0 spiro atoms. The van der Waals surface area contributed by atoms with Crippen LogP contribution in [0.2, 0.25) is 0 Å². The Morgan fingerprint density at radius 1 is 1.46 bits per heavy atom. The van der Waals surface area contributed by atoms with E-state index in [1.54, 1.807) is 0 Å². The Morgan fingerprint density at radius 2 is 2.00 bits per heavy atom. The zero-order valence-electron chi connectivity index (χ0n) is 6.61. The van der Waals surface area contributed by atoms with Crippen LogP contribution in [0.5, 0.6) is 0 Å². The van der Waals surface area contributed by atoms with Gasteiger partial charge < -0.3 is 24.8 Å². The van der Waals surface area contributed by atoms with Gasteiger partial charge in [-0.1, -0.05) is 0 Å². The Kier molecular flexibility index (Phi) is 5.31. The maximum atomic E-state index is 10.2. The van der Waals surface area contributed by atoms with Crippen molar-refractivity contribution >= 4 is 14.1 Å². The van der Waals surface area contributed by atoms with Gasteiger partial charge in [-0.2, -0.15) is 0 Å². The molecule has 0 aliphatic rings. The van der Waals surface area contributed by atoms with Crippen LogP contribution >= 0.6 is 7.82 Å². The molecule has 0 rings (SSSR count). The Hall–Kier alpha value is -0.300. The number of phosphoric acid groups is 1. The highest BCUT2D eigenvalue weighted by Gasteiger charge is 2.27. The minimum atomic E-state index is -4.79. The van der Waals surface area contributed by atoms with Gasteiger partial charge in [0.05, 0.1) is 6.10 Å². The summed E-state index contributed by atoms with van der Waals surface area (Å²) in [6.45, 7) is -0.407. The molecule has 0 saturated heterocycles. The van der Waals surface area contributed by atoms with Crippen molar-refractivity contribution in [1.82, 2.24) is 0 Å². The largest absolute Gasteiger partial charge is 0.470 e. The summed E-state index contributed by atoms with van der Waals surface area (Å²) in [5, 5.41) is 17.4. The lowest BCUT2D eigenvalue weighted by Crippen LogP contribution is -2.30. The van der Waals surface area contributed by atoms with Crippen LogP contribution in [0.4, 0.5) is 0 Å². The summed E-state index contributed by atoms with van der Waals surface area (Å²) in [5.74, 6) is 0. The number of phosphoric ester groups is 1.